The van der Waals surface area contributed by atoms with Crippen molar-refractivity contribution >= 4 is 32.7 Å². The lowest BCUT2D eigenvalue weighted by Gasteiger charge is -2.63. The van der Waals surface area contributed by atoms with Crippen molar-refractivity contribution < 1.29 is 132 Å². The van der Waals surface area contributed by atoms with Gasteiger partial charge < -0.3 is 87.9 Å². The molecule has 5 aliphatic heterocycles. The zero-order valence-corrected chi connectivity index (χ0v) is 51.7. The fourth-order valence-electron chi connectivity index (χ4n) is 17.3. The van der Waals surface area contributed by atoms with Gasteiger partial charge in [0, 0.05) is 19.4 Å². The number of carbonyl (C=O) groups excluding carboxylic acids is 2. The summed E-state index contributed by atoms with van der Waals surface area (Å²) in [6, 6.07) is 0. The number of cyclic esters (lactones) is 1. The van der Waals surface area contributed by atoms with Crippen LogP contribution in [0.1, 0.15) is 120 Å². The number of esters is 2. The number of aliphatic hydroxyl groups is 7. The molecule has 4 aliphatic carbocycles. The molecule has 0 radical (unpaired) electrons. The second-order valence-electron chi connectivity index (χ2n) is 26.8. The normalized spacial score (nSPS) is 48.5. The van der Waals surface area contributed by atoms with E-state index in [1.807, 2.05) is 20.8 Å². The number of hydrogen-bond acceptors (Lipinski definition) is 26. The Kier molecular flexibility index (Phi) is 19.4. The first kappa shape index (κ1) is 67.9. The minimum Gasteiger partial charge on any atom is -0.459 e. The quantitative estimate of drug-likeness (QED) is 0.0491. The van der Waals surface area contributed by atoms with Crippen molar-refractivity contribution in [1.82, 2.24) is 0 Å². The van der Waals surface area contributed by atoms with Gasteiger partial charge in [-0.2, -0.15) is 16.8 Å². The Morgan fingerprint density at radius 2 is 1.35 bits per heavy atom. The van der Waals surface area contributed by atoms with E-state index in [-0.39, 0.29) is 23.2 Å². The molecule has 3 saturated carbocycles. The molecule has 9 N–H and O–H groups in total. The van der Waals surface area contributed by atoms with Crippen LogP contribution >= 0.6 is 0 Å². The van der Waals surface area contributed by atoms with Crippen molar-refractivity contribution in [2.75, 3.05) is 26.9 Å². The van der Waals surface area contributed by atoms with Crippen LogP contribution in [-0.4, -0.2) is 228 Å². The van der Waals surface area contributed by atoms with Crippen LogP contribution < -0.4 is 0 Å². The highest BCUT2D eigenvalue weighted by Crippen LogP contribution is 2.79. The van der Waals surface area contributed by atoms with Crippen LogP contribution in [0.5, 0.6) is 0 Å². The molecule has 5 heterocycles. The number of aliphatic hydroxyl groups excluding tert-OH is 7. The Bertz CT molecular complexity index is 2770. The van der Waals surface area contributed by atoms with Gasteiger partial charge in [0.05, 0.1) is 43.4 Å². The highest BCUT2D eigenvalue weighted by molar-refractivity contribution is 7.81. The topological polar surface area (TPSA) is 404 Å². The lowest BCUT2D eigenvalue weighted by atomic mass is 9.40. The lowest BCUT2D eigenvalue weighted by molar-refractivity contribution is -0.381. The van der Waals surface area contributed by atoms with Crippen molar-refractivity contribution in [3.63, 3.8) is 0 Å². The van der Waals surface area contributed by atoms with Gasteiger partial charge in [-0.15, -0.1) is 6.58 Å². The van der Waals surface area contributed by atoms with Crippen molar-refractivity contribution in [1.29, 1.82) is 0 Å². The van der Waals surface area contributed by atoms with Crippen molar-refractivity contribution in [3.05, 3.63) is 23.8 Å². The second kappa shape index (κ2) is 24.5. The molecule has 9 aliphatic rings. The van der Waals surface area contributed by atoms with Gasteiger partial charge in [-0.3, -0.25) is 18.7 Å². The smallest absolute Gasteiger partial charge is 0.397 e. The van der Waals surface area contributed by atoms with Crippen LogP contribution in [0.3, 0.4) is 0 Å². The zero-order chi connectivity index (χ0) is 63.4. The maximum Gasteiger partial charge on any atom is 0.397 e. The van der Waals surface area contributed by atoms with E-state index in [0.29, 0.717) is 44.9 Å². The Morgan fingerprint density at radius 1 is 0.733 bits per heavy atom. The van der Waals surface area contributed by atoms with Crippen LogP contribution in [0.25, 0.3) is 0 Å². The van der Waals surface area contributed by atoms with Gasteiger partial charge in [0.15, 0.2) is 25.2 Å². The van der Waals surface area contributed by atoms with Crippen molar-refractivity contribution in [2.45, 2.75) is 248 Å². The van der Waals surface area contributed by atoms with E-state index in [1.165, 1.54) is 13.8 Å². The second-order valence-corrected chi connectivity index (χ2v) is 28.9. The number of ether oxygens (including phenoxy) is 11. The van der Waals surface area contributed by atoms with Gasteiger partial charge in [0.1, 0.15) is 90.6 Å². The van der Waals surface area contributed by atoms with Gasteiger partial charge in [-0.25, -0.2) is 8.37 Å². The van der Waals surface area contributed by atoms with Crippen LogP contribution in [-0.2, 0) is 90.9 Å². The van der Waals surface area contributed by atoms with Crippen LogP contribution in [0.4, 0.5) is 0 Å². The molecule has 8 fully saturated rings. The van der Waals surface area contributed by atoms with E-state index in [4.69, 9.17) is 60.8 Å². The largest absolute Gasteiger partial charge is 0.459 e. The highest BCUT2D eigenvalue weighted by Gasteiger charge is 2.82. The fourth-order valence-corrected chi connectivity index (χ4v) is 18.1. The molecule has 0 bridgehead atoms. The lowest BCUT2D eigenvalue weighted by Crippen LogP contribution is -2.66. The van der Waals surface area contributed by atoms with Crippen LogP contribution in [0.15, 0.2) is 23.8 Å². The molecule has 0 aromatic carbocycles. The zero-order valence-electron chi connectivity index (χ0n) is 50.1. The number of methoxy groups -OCH3 is 1. The molecule has 0 unspecified atom stereocenters. The fraction of sp³-hybridized carbons (Fsp3) is 0.893. The first-order valence-electron chi connectivity index (χ1n) is 29.4. The van der Waals surface area contributed by atoms with Crippen molar-refractivity contribution in [2.24, 2.45) is 39.4 Å². The predicted molar refractivity (Wildman–Crippen MR) is 291 cm³/mol. The first-order valence-corrected chi connectivity index (χ1v) is 32.1. The summed E-state index contributed by atoms with van der Waals surface area (Å²) in [5.41, 5.74) is -2.52. The standard InChI is InChI=1S/C56H88O28S2/c1-25(2)13-12-18-54(9)49-55(10,82-27(4)57)24-53(8)29-14-15-33-51(5,6)34(17-19-52(33,7)28(29)16-20-56(49,53)50(65)83-54)78-48-44(42(31(59)22-74-48)84-86(69,70)71)81-46-37(62)36(61)40(26(3)76-46)79-45-38(63)41(30(58)21-73-45)80-47-39(64)43(72-11)35(60)32(77-47)23-75-85(66,67)68/h14,26,28,30-49,58-64H,1,12-13,15-24H2,2-11H3,(H,66,67,68)(H,69,70,71)/t26-,28+,30-,31-,32-,33-,34+,35-,36-,37-,38-,39-,40-,41+,42+,43+,44-,45+,46+,47+,48-,49-,52-,53+,54+,55+,56+/m1/s1. The molecular weight excluding hydrogens is 1180 g/mol. The molecule has 27 atom stereocenters. The minimum absolute atomic E-state index is 0.00497. The molecule has 86 heavy (non-hydrogen) atoms. The minimum atomic E-state index is -5.33. The number of fused-ring (bicyclic) bond motifs is 4. The molecule has 1 spiro atoms. The van der Waals surface area contributed by atoms with Gasteiger partial charge >= 0.3 is 32.7 Å². The molecule has 5 saturated heterocycles. The molecular formula is C56H88O28S2. The van der Waals surface area contributed by atoms with Crippen LogP contribution in [0, 0.1) is 39.4 Å². The molecule has 9 rings (SSSR count). The van der Waals surface area contributed by atoms with E-state index in [0.717, 1.165) is 31.1 Å². The van der Waals surface area contributed by atoms with E-state index in [1.54, 1.807) is 0 Å². The Labute approximate surface area is 500 Å². The van der Waals surface area contributed by atoms with Crippen molar-refractivity contribution in [3.8, 4) is 0 Å². The van der Waals surface area contributed by atoms with Crippen LogP contribution in [0.2, 0.25) is 0 Å². The summed E-state index contributed by atoms with van der Waals surface area (Å²) < 4.78 is 142. The monoisotopic (exact) mass is 1270 g/mol. The Balaban J connectivity index is 0.911. The van der Waals surface area contributed by atoms with E-state index in [2.05, 4.69) is 44.5 Å². The van der Waals surface area contributed by atoms with E-state index in [9.17, 15) is 66.7 Å². The number of carbonyl (C=O) groups is 2. The van der Waals surface area contributed by atoms with Gasteiger partial charge in [-0.05, 0) is 108 Å². The molecule has 30 heteroatoms. The molecule has 0 aromatic rings. The number of hydrogen-bond donors (Lipinski definition) is 9. The SMILES string of the molecule is C=C(C)CCC[C@]1(C)OC(=O)[C@@]23CC[C@H]4C(=CC[C@@H]5C(C)(C)[C@@H](O[C@H]6OC[C@@H](O)[C@H](OS(=O)(=O)O)[C@H]6O[C@@H]6O[C@H](C)[C@@H](O[C@@H]7OC[C@@H](O)[C@H](O[C@@H]8O[C@H](COS(=O)(=O)O)[C@@H](O)[C@H](OC)[C@H]8O)[C@H]7O)[C@H](O)[C@H]6O)CC[C@@]54C)[C@]2(C)C[C@](C)(OC(C)=O)[C@@H]13. The third-order valence-electron chi connectivity index (χ3n) is 20.7. The summed E-state index contributed by atoms with van der Waals surface area (Å²) in [7, 11) is -9.24. The number of allylic oxidation sites excluding steroid dienone is 3. The summed E-state index contributed by atoms with van der Waals surface area (Å²) in [6.45, 7) is 19.1. The van der Waals surface area contributed by atoms with Gasteiger partial charge in [0.2, 0.25) is 0 Å². The average Bonchev–Trinajstić information content (AvgIpc) is 1.48. The third kappa shape index (κ3) is 12.3. The predicted octanol–water partition coefficient (Wildman–Crippen LogP) is 0.837. The molecule has 492 valence electrons. The first-order chi connectivity index (χ1) is 39.9. The van der Waals surface area contributed by atoms with Gasteiger partial charge in [-0.1, -0.05) is 44.9 Å². The van der Waals surface area contributed by atoms with Gasteiger partial charge in [0.25, 0.3) is 0 Å². The Hall–Kier alpha value is -2.48. The average molecular weight is 1270 g/mol. The maximum atomic E-state index is 14.8. The summed E-state index contributed by atoms with van der Waals surface area (Å²) >= 11 is 0. The summed E-state index contributed by atoms with van der Waals surface area (Å²) in [5.74, 6) is -1.19. The van der Waals surface area contributed by atoms with E-state index >= 15 is 0 Å². The highest BCUT2D eigenvalue weighted by atomic mass is 32.3. The third-order valence-corrected chi connectivity index (χ3v) is 21.6. The maximum absolute atomic E-state index is 14.8. The molecule has 28 nitrogen and oxygen atoms in total. The summed E-state index contributed by atoms with van der Waals surface area (Å²) in [4.78, 5) is 27.8. The Morgan fingerprint density at radius 3 is 1.98 bits per heavy atom. The summed E-state index contributed by atoms with van der Waals surface area (Å²) in [5, 5.41) is 78.6. The molecule has 0 aromatic heterocycles. The molecule has 0 amide bonds. The number of rotatable bonds is 19. The van der Waals surface area contributed by atoms with E-state index < -0.39 is 197 Å². The summed E-state index contributed by atoms with van der Waals surface area (Å²) in [6.07, 6.45) is -24.6.